The molecule has 2 aromatic carbocycles. The maximum absolute atomic E-state index is 6.55. The van der Waals surface area contributed by atoms with Crippen molar-refractivity contribution in [2.45, 2.75) is 26.1 Å². The van der Waals surface area contributed by atoms with Crippen molar-refractivity contribution in [2.24, 2.45) is 0 Å². The summed E-state index contributed by atoms with van der Waals surface area (Å²) >= 11 is -3.30. The van der Waals surface area contributed by atoms with Crippen molar-refractivity contribution in [3.05, 3.63) is 54.6 Å². The number of rotatable bonds is 3. The van der Waals surface area contributed by atoms with Crippen LogP contribution in [0.25, 0.3) is 11.1 Å². The first-order chi connectivity index (χ1) is 8.54. The van der Waals surface area contributed by atoms with E-state index in [4.69, 9.17) is 3.32 Å². The average Bonchev–Trinajstić information content (AvgIpc) is 2.27. The van der Waals surface area contributed by atoms with E-state index in [1.54, 1.807) is 0 Å². The van der Waals surface area contributed by atoms with E-state index in [0.29, 0.717) is 0 Å². The quantitative estimate of drug-likeness (QED) is 0.705. The van der Waals surface area contributed by atoms with Gasteiger partial charge >= 0.3 is 115 Å². The SMILES string of the molecule is [CH3][Ti]([CH3])([CH3])([CH3])([CH3])[O]c1ccccc1-c1ccccc1.[Cl-].[Cl-]. The van der Waals surface area contributed by atoms with Gasteiger partial charge in [0.25, 0.3) is 0 Å². The average molecular weight is 363 g/mol. The van der Waals surface area contributed by atoms with Crippen LogP contribution >= 0.6 is 0 Å². The van der Waals surface area contributed by atoms with Crippen LogP contribution in [-0.2, 0) is 14.4 Å². The Bertz CT molecular complexity index is 589. The summed E-state index contributed by atoms with van der Waals surface area (Å²) in [7, 11) is 0. The van der Waals surface area contributed by atoms with Gasteiger partial charge < -0.3 is 24.8 Å². The summed E-state index contributed by atoms with van der Waals surface area (Å²) in [5.41, 5.74) is 2.38. The van der Waals surface area contributed by atoms with Crippen LogP contribution in [0.1, 0.15) is 0 Å². The molecule has 0 aliphatic heterocycles. The Morgan fingerprint density at radius 1 is 0.667 bits per heavy atom. The summed E-state index contributed by atoms with van der Waals surface area (Å²) in [6, 6.07) is 18.7. The van der Waals surface area contributed by atoms with Crippen molar-refractivity contribution in [1.29, 1.82) is 0 Å². The zero-order valence-electron chi connectivity index (χ0n) is 13.4. The molecule has 0 N–H and O–H groups in total. The van der Waals surface area contributed by atoms with E-state index in [1.807, 2.05) is 12.1 Å². The van der Waals surface area contributed by atoms with E-state index in [1.165, 1.54) is 11.1 Å². The Balaban J connectivity index is 0.00000200. The molecule has 0 atom stereocenters. The normalized spacial score (nSPS) is 14.0. The first-order valence-electron chi connectivity index (χ1n) is 6.90. The second-order valence-corrected chi connectivity index (χ2v) is 28.1. The van der Waals surface area contributed by atoms with E-state index in [-0.39, 0.29) is 24.8 Å². The second kappa shape index (κ2) is 5.97. The molecular weight excluding hydrogens is 339 g/mol. The van der Waals surface area contributed by atoms with Crippen LogP contribution in [-0.4, -0.2) is 0 Å². The summed E-state index contributed by atoms with van der Waals surface area (Å²) in [4.78, 5) is 0. The molecule has 0 saturated carbocycles. The maximum Gasteiger partial charge on any atom is -1.00 e. The van der Waals surface area contributed by atoms with Gasteiger partial charge in [0.05, 0.1) is 0 Å². The van der Waals surface area contributed by atoms with Crippen molar-refractivity contribution in [3.8, 4) is 16.9 Å². The van der Waals surface area contributed by atoms with Crippen molar-refractivity contribution < 1.29 is 42.5 Å². The molecule has 0 aliphatic carbocycles. The Morgan fingerprint density at radius 2 is 1.14 bits per heavy atom. The number of para-hydroxylation sites is 1. The van der Waals surface area contributed by atoms with Gasteiger partial charge in [0.2, 0.25) is 0 Å². The zero-order chi connectivity index (χ0) is 14.2. The second-order valence-electron chi connectivity index (χ2n) is 8.98. The third-order valence-corrected chi connectivity index (χ3v) is 4.53. The predicted octanol–water partition coefficient (Wildman–Crippen LogP) is 0.121. The van der Waals surface area contributed by atoms with Crippen LogP contribution in [0.2, 0.25) is 26.1 Å². The van der Waals surface area contributed by atoms with E-state index in [9.17, 15) is 0 Å². The van der Waals surface area contributed by atoms with Crippen molar-refractivity contribution >= 4 is 0 Å². The minimum Gasteiger partial charge on any atom is -1.00 e. The molecule has 0 fully saturated rings. The largest absolute Gasteiger partial charge is 1.00 e. The molecule has 0 radical (unpaired) electrons. The van der Waals surface area contributed by atoms with E-state index < -0.39 is 14.4 Å². The van der Waals surface area contributed by atoms with Crippen LogP contribution in [0, 0.1) is 0 Å². The fourth-order valence-corrected chi connectivity index (χ4v) is 3.96. The fraction of sp³-hybridized carbons (Fsp3) is 0.294. The van der Waals surface area contributed by atoms with Crippen molar-refractivity contribution in [3.63, 3.8) is 0 Å². The third-order valence-electron chi connectivity index (χ3n) is 2.59. The Hall–Kier alpha value is -0.466. The van der Waals surface area contributed by atoms with Crippen molar-refractivity contribution in [2.75, 3.05) is 0 Å². The molecule has 0 saturated heterocycles. The number of benzene rings is 2. The molecule has 2 aromatic rings. The van der Waals surface area contributed by atoms with Crippen LogP contribution < -0.4 is 28.1 Å². The van der Waals surface area contributed by atoms with Gasteiger partial charge in [0, 0.05) is 0 Å². The zero-order valence-corrected chi connectivity index (χ0v) is 16.4. The molecule has 0 aromatic heterocycles. The molecule has 0 heterocycles. The van der Waals surface area contributed by atoms with Crippen LogP contribution in [0.3, 0.4) is 0 Å². The van der Waals surface area contributed by atoms with Gasteiger partial charge in [-0.15, -0.1) is 0 Å². The van der Waals surface area contributed by atoms with E-state index in [0.717, 1.165) is 5.75 Å². The van der Waals surface area contributed by atoms with Crippen LogP contribution in [0.5, 0.6) is 5.75 Å². The first-order valence-corrected chi connectivity index (χ1v) is 15.3. The molecule has 1 nitrogen and oxygen atoms in total. The Labute approximate surface area is 139 Å². The third kappa shape index (κ3) is 6.89. The minimum atomic E-state index is -3.30. The minimum absolute atomic E-state index is 0. The molecule has 4 heteroatoms. The van der Waals surface area contributed by atoms with Gasteiger partial charge in [0.15, 0.2) is 0 Å². The standard InChI is InChI=1S/C12H10O.5CH3.2ClH.Ti/c13-12-9-5-4-8-11(12)10-6-2-1-3-7-10;;;;;;;;/h1-9,13H;5*1H3;2*1H;/q;;;;;;;;+1/p-3. The molecule has 21 heavy (non-hydrogen) atoms. The van der Waals surface area contributed by atoms with Crippen molar-refractivity contribution in [1.82, 2.24) is 0 Å². The Morgan fingerprint density at radius 3 is 1.67 bits per heavy atom. The first kappa shape index (κ1) is 20.5. The van der Waals surface area contributed by atoms with Gasteiger partial charge in [-0.1, -0.05) is 0 Å². The molecular formula is C17H24Cl2OTi-2. The smallest absolute Gasteiger partial charge is 1.00 e. The molecule has 0 spiro atoms. The molecule has 118 valence electrons. The molecule has 2 rings (SSSR count). The summed E-state index contributed by atoms with van der Waals surface area (Å²) in [5, 5.41) is 11.5. The summed E-state index contributed by atoms with van der Waals surface area (Å²) in [6.45, 7) is 0. The van der Waals surface area contributed by atoms with Gasteiger partial charge in [-0.3, -0.25) is 0 Å². The number of halogens is 2. The van der Waals surface area contributed by atoms with E-state index >= 15 is 0 Å². The van der Waals surface area contributed by atoms with Gasteiger partial charge in [0.1, 0.15) is 0 Å². The monoisotopic (exact) mass is 362 g/mol. The molecule has 0 aliphatic rings. The molecule has 0 amide bonds. The molecule has 0 bridgehead atoms. The predicted molar refractivity (Wildman–Crippen MR) is 81.8 cm³/mol. The number of hydrogen-bond donors (Lipinski definition) is 0. The summed E-state index contributed by atoms with van der Waals surface area (Å²) in [5.74, 6) is 0.996. The van der Waals surface area contributed by atoms with Crippen LogP contribution in [0.4, 0.5) is 0 Å². The van der Waals surface area contributed by atoms with Gasteiger partial charge in [-0.05, 0) is 0 Å². The fourth-order valence-electron chi connectivity index (χ4n) is 1.96. The van der Waals surface area contributed by atoms with Crippen LogP contribution in [0.15, 0.2) is 54.6 Å². The molecule has 0 unspecified atom stereocenters. The van der Waals surface area contributed by atoms with Gasteiger partial charge in [-0.2, -0.15) is 0 Å². The van der Waals surface area contributed by atoms with E-state index in [2.05, 4.69) is 68.6 Å². The van der Waals surface area contributed by atoms with Gasteiger partial charge in [-0.25, -0.2) is 0 Å². The topological polar surface area (TPSA) is 9.23 Å². The summed E-state index contributed by atoms with van der Waals surface area (Å²) in [6.07, 6.45) is 0. The Kier molecular flexibility index (Phi) is 5.83. The maximum atomic E-state index is 6.55. The summed E-state index contributed by atoms with van der Waals surface area (Å²) < 4.78 is 6.55. The number of hydrogen-bond acceptors (Lipinski definition) is 1.